The van der Waals surface area contributed by atoms with Gasteiger partial charge in [0.25, 0.3) is 0 Å². The van der Waals surface area contributed by atoms with Crippen molar-refractivity contribution in [3.8, 4) is 0 Å². The van der Waals surface area contributed by atoms with Gasteiger partial charge in [-0.05, 0) is 30.2 Å². The lowest BCUT2D eigenvalue weighted by atomic mass is 10.1. The summed E-state index contributed by atoms with van der Waals surface area (Å²) < 4.78 is 5.21. The van der Waals surface area contributed by atoms with Gasteiger partial charge in [-0.3, -0.25) is 0 Å². The second kappa shape index (κ2) is 6.69. The maximum Gasteiger partial charge on any atom is 0.0716 e. The van der Waals surface area contributed by atoms with Crippen molar-refractivity contribution in [2.75, 3.05) is 7.11 Å². The molecule has 0 spiro atoms. The SMILES string of the molecule is COCc1ccccc1CNCc1ccc(C)s1. The first-order valence-electron chi connectivity index (χ1n) is 6.11. The molecule has 2 nitrogen and oxygen atoms in total. The lowest BCUT2D eigenvalue weighted by Gasteiger charge is -2.09. The van der Waals surface area contributed by atoms with Gasteiger partial charge in [0.05, 0.1) is 6.61 Å². The number of thiophene rings is 1. The van der Waals surface area contributed by atoms with Crippen LogP contribution in [0.15, 0.2) is 36.4 Å². The molecule has 1 N–H and O–H groups in total. The molecule has 0 aliphatic carbocycles. The van der Waals surface area contributed by atoms with Crippen LogP contribution in [0.3, 0.4) is 0 Å². The summed E-state index contributed by atoms with van der Waals surface area (Å²) in [4.78, 5) is 2.75. The molecule has 0 radical (unpaired) electrons. The molecule has 2 rings (SSSR count). The van der Waals surface area contributed by atoms with Crippen molar-refractivity contribution in [2.24, 2.45) is 0 Å². The van der Waals surface area contributed by atoms with E-state index in [1.165, 1.54) is 20.9 Å². The molecular formula is C15H19NOS. The van der Waals surface area contributed by atoms with Gasteiger partial charge in [-0.1, -0.05) is 24.3 Å². The Labute approximate surface area is 113 Å². The second-order valence-corrected chi connectivity index (χ2v) is 5.69. The molecule has 0 fully saturated rings. The molecule has 0 atom stereocenters. The first-order valence-corrected chi connectivity index (χ1v) is 6.93. The maximum absolute atomic E-state index is 5.21. The van der Waals surface area contributed by atoms with Crippen LogP contribution in [0.2, 0.25) is 0 Å². The predicted molar refractivity (Wildman–Crippen MR) is 76.8 cm³/mol. The third-order valence-corrected chi connectivity index (χ3v) is 3.83. The van der Waals surface area contributed by atoms with Gasteiger partial charge in [0.15, 0.2) is 0 Å². The fourth-order valence-corrected chi connectivity index (χ4v) is 2.79. The van der Waals surface area contributed by atoms with Crippen LogP contribution in [0.25, 0.3) is 0 Å². The van der Waals surface area contributed by atoms with Crippen molar-refractivity contribution < 1.29 is 4.74 Å². The van der Waals surface area contributed by atoms with Gasteiger partial charge in [-0.25, -0.2) is 0 Å². The molecule has 0 amide bonds. The Kier molecular flexibility index (Phi) is 4.93. The molecule has 0 bridgehead atoms. The van der Waals surface area contributed by atoms with E-state index >= 15 is 0 Å². The van der Waals surface area contributed by atoms with Crippen LogP contribution in [-0.2, 0) is 24.4 Å². The quantitative estimate of drug-likeness (QED) is 0.859. The fourth-order valence-electron chi connectivity index (χ4n) is 1.93. The van der Waals surface area contributed by atoms with Crippen molar-refractivity contribution >= 4 is 11.3 Å². The van der Waals surface area contributed by atoms with Crippen molar-refractivity contribution in [1.29, 1.82) is 0 Å². The van der Waals surface area contributed by atoms with Gasteiger partial charge >= 0.3 is 0 Å². The van der Waals surface area contributed by atoms with E-state index in [4.69, 9.17) is 4.74 Å². The van der Waals surface area contributed by atoms with Crippen LogP contribution in [0.5, 0.6) is 0 Å². The Hall–Kier alpha value is -1.16. The normalized spacial score (nSPS) is 10.8. The van der Waals surface area contributed by atoms with Gasteiger partial charge in [0.1, 0.15) is 0 Å². The Morgan fingerprint density at radius 2 is 1.83 bits per heavy atom. The number of ether oxygens (including phenoxy) is 1. The zero-order valence-corrected chi connectivity index (χ0v) is 11.7. The van der Waals surface area contributed by atoms with Crippen LogP contribution < -0.4 is 5.32 Å². The van der Waals surface area contributed by atoms with E-state index in [0.717, 1.165) is 13.1 Å². The van der Waals surface area contributed by atoms with Crippen LogP contribution in [0.1, 0.15) is 20.9 Å². The third-order valence-electron chi connectivity index (χ3n) is 2.83. The lowest BCUT2D eigenvalue weighted by Crippen LogP contribution is -2.13. The molecule has 3 heteroatoms. The summed E-state index contributed by atoms with van der Waals surface area (Å²) >= 11 is 1.85. The fraction of sp³-hybridized carbons (Fsp3) is 0.333. The summed E-state index contributed by atoms with van der Waals surface area (Å²) in [6, 6.07) is 12.8. The van der Waals surface area contributed by atoms with Crippen LogP contribution in [0, 0.1) is 6.92 Å². The summed E-state index contributed by atoms with van der Waals surface area (Å²) in [6.07, 6.45) is 0. The Morgan fingerprint density at radius 1 is 1.06 bits per heavy atom. The number of rotatable bonds is 6. The second-order valence-electron chi connectivity index (χ2n) is 4.32. The number of hydrogen-bond donors (Lipinski definition) is 1. The van der Waals surface area contributed by atoms with Crippen LogP contribution >= 0.6 is 11.3 Å². The monoisotopic (exact) mass is 261 g/mol. The van der Waals surface area contributed by atoms with Crippen LogP contribution in [-0.4, -0.2) is 7.11 Å². The Balaban J connectivity index is 1.89. The zero-order valence-electron chi connectivity index (χ0n) is 10.9. The number of aryl methyl sites for hydroxylation is 1. The summed E-state index contributed by atoms with van der Waals surface area (Å²) in [5, 5.41) is 3.48. The van der Waals surface area contributed by atoms with E-state index < -0.39 is 0 Å². The van der Waals surface area contributed by atoms with E-state index in [1.54, 1.807) is 7.11 Å². The third kappa shape index (κ3) is 3.67. The van der Waals surface area contributed by atoms with E-state index in [0.29, 0.717) is 6.61 Å². The van der Waals surface area contributed by atoms with E-state index in [1.807, 2.05) is 11.3 Å². The predicted octanol–water partition coefficient (Wildman–Crippen LogP) is 3.49. The lowest BCUT2D eigenvalue weighted by molar-refractivity contribution is 0.184. The molecule has 0 saturated carbocycles. The van der Waals surface area contributed by atoms with Gasteiger partial charge in [0.2, 0.25) is 0 Å². The van der Waals surface area contributed by atoms with E-state index in [-0.39, 0.29) is 0 Å². The first kappa shape index (κ1) is 13.3. The average molecular weight is 261 g/mol. The molecular weight excluding hydrogens is 242 g/mol. The maximum atomic E-state index is 5.21. The van der Waals surface area contributed by atoms with Gasteiger partial charge < -0.3 is 10.1 Å². The molecule has 0 aliphatic heterocycles. The molecule has 1 aromatic carbocycles. The smallest absolute Gasteiger partial charge is 0.0716 e. The van der Waals surface area contributed by atoms with E-state index in [2.05, 4.69) is 48.6 Å². The molecule has 1 aromatic heterocycles. The Morgan fingerprint density at radius 3 is 2.50 bits per heavy atom. The minimum absolute atomic E-state index is 0.677. The summed E-state index contributed by atoms with van der Waals surface area (Å²) in [5.41, 5.74) is 2.57. The minimum atomic E-state index is 0.677. The van der Waals surface area contributed by atoms with Crippen molar-refractivity contribution in [1.82, 2.24) is 5.32 Å². The van der Waals surface area contributed by atoms with Crippen molar-refractivity contribution in [2.45, 2.75) is 26.6 Å². The number of hydrogen-bond acceptors (Lipinski definition) is 3. The molecule has 0 aliphatic rings. The first-order chi connectivity index (χ1) is 8.79. The molecule has 1 heterocycles. The topological polar surface area (TPSA) is 21.3 Å². The summed E-state index contributed by atoms with van der Waals surface area (Å²) in [5.74, 6) is 0. The Bertz CT molecular complexity index is 493. The van der Waals surface area contributed by atoms with E-state index in [9.17, 15) is 0 Å². The summed E-state index contributed by atoms with van der Waals surface area (Å²) in [6.45, 7) is 4.63. The van der Waals surface area contributed by atoms with Crippen molar-refractivity contribution in [3.05, 3.63) is 57.3 Å². The summed E-state index contributed by atoms with van der Waals surface area (Å²) in [7, 11) is 1.73. The van der Waals surface area contributed by atoms with Crippen molar-refractivity contribution in [3.63, 3.8) is 0 Å². The minimum Gasteiger partial charge on any atom is -0.380 e. The highest BCUT2D eigenvalue weighted by atomic mass is 32.1. The van der Waals surface area contributed by atoms with Gasteiger partial charge in [-0.2, -0.15) is 0 Å². The standard InChI is InChI=1S/C15H19NOS/c1-12-7-8-15(18-12)10-16-9-13-5-3-4-6-14(13)11-17-2/h3-8,16H,9-11H2,1-2H3. The largest absolute Gasteiger partial charge is 0.380 e. The molecule has 18 heavy (non-hydrogen) atoms. The van der Waals surface area contributed by atoms with Gasteiger partial charge in [0, 0.05) is 30.0 Å². The number of methoxy groups -OCH3 is 1. The number of benzene rings is 1. The molecule has 0 unspecified atom stereocenters. The highest BCUT2D eigenvalue weighted by molar-refractivity contribution is 7.11. The highest BCUT2D eigenvalue weighted by Crippen LogP contribution is 2.15. The zero-order chi connectivity index (χ0) is 12.8. The van der Waals surface area contributed by atoms with Gasteiger partial charge in [-0.15, -0.1) is 11.3 Å². The molecule has 96 valence electrons. The highest BCUT2D eigenvalue weighted by Gasteiger charge is 2.01. The molecule has 0 saturated heterocycles. The number of nitrogens with one attached hydrogen (secondary N) is 1. The average Bonchev–Trinajstić information content (AvgIpc) is 2.78. The van der Waals surface area contributed by atoms with Crippen LogP contribution in [0.4, 0.5) is 0 Å². The molecule has 2 aromatic rings.